The van der Waals surface area contributed by atoms with Crippen LogP contribution in [-0.2, 0) is 0 Å². The summed E-state index contributed by atoms with van der Waals surface area (Å²) in [4.78, 5) is 10.8. The Labute approximate surface area is 346 Å². The van der Waals surface area contributed by atoms with Crippen molar-refractivity contribution < 1.29 is 4.74 Å². The maximum Gasteiger partial charge on any atom is 0.162 e. The first-order valence-electron chi connectivity index (χ1n) is 20.3. The molecule has 0 fully saturated rings. The monoisotopic (exact) mass is 768 g/mol. The Kier molecular flexibility index (Phi) is 7.69. The Balaban J connectivity index is 1.08. The Morgan fingerprint density at radius 2 is 0.967 bits per heavy atom. The molecule has 3 heterocycles. The molecular formula is C55H36N4O. The van der Waals surface area contributed by atoms with Crippen LogP contribution in [0.15, 0.2) is 200 Å². The highest BCUT2D eigenvalue weighted by atomic mass is 16.5. The second-order valence-electron chi connectivity index (χ2n) is 15.4. The second-order valence-corrected chi connectivity index (χ2v) is 15.4. The van der Waals surface area contributed by atoms with E-state index in [0.29, 0.717) is 5.82 Å². The van der Waals surface area contributed by atoms with Crippen molar-refractivity contribution in [2.45, 2.75) is 0 Å². The topological polar surface area (TPSA) is 44.9 Å². The zero-order valence-corrected chi connectivity index (χ0v) is 32.7. The molecule has 12 aromatic rings. The van der Waals surface area contributed by atoms with E-state index in [9.17, 15) is 0 Å². The lowest BCUT2D eigenvalue weighted by Crippen LogP contribution is -2.03. The molecule has 0 unspecified atom stereocenters. The number of hydrogen-bond donors (Lipinski definition) is 0. The van der Waals surface area contributed by atoms with Gasteiger partial charge in [-0.05, 0) is 88.3 Å². The standard InChI is InChI=1S/C55H36N4O/c1-60-42-16-11-13-38(32-42)35-22-24-37(25-23-35)54-56-53-43-17-6-5-12-36(43)26-30-47(53)55(57-54)59-50-21-10-7-18-44(50)46-29-27-40(34-52(46)59)39-28-31-51-48(33-39)45-19-8-9-20-49(45)58(51)41-14-3-2-4-15-41/h2-34H,1H3. The predicted molar refractivity (Wildman–Crippen MR) is 249 cm³/mol. The molecule has 0 aliphatic heterocycles. The van der Waals surface area contributed by atoms with Crippen molar-refractivity contribution in [3.05, 3.63) is 200 Å². The zero-order chi connectivity index (χ0) is 39.7. The summed E-state index contributed by atoms with van der Waals surface area (Å²) < 4.78 is 10.2. The van der Waals surface area contributed by atoms with Crippen LogP contribution in [0, 0.1) is 0 Å². The molecule has 12 rings (SSSR count). The highest BCUT2D eigenvalue weighted by molar-refractivity contribution is 6.14. The van der Waals surface area contributed by atoms with Crippen molar-refractivity contribution in [1.82, 2.24) is 19.1 Å². The first kappa shape index (κ1) is 34.1. The van der Waals surface area contributed by atoms with Crippen LogP contribution in [0.1, 0.15) is 0 Å². The van der Waals surface area contributed by atoms with E-state index in [2.05, 4.69) is 197 Å². The smallest absolute Gasteiger partial charge is 0.162 e. The quantitative estimate of drug-likeness (QED) is 0.158. The molecule has 3 aromatic heterocycles. The number of aromatic nitrogens is 4. The van der Waals surface area contributed by atoms with E-state index in [1.165, 1.54) is 32.6 Å². The average Bonchev–Trinajstić information content (AvgIpc) is 3.83. The van der Waals surface area contributed by atoms with Gasteiger partial charge in [0.05, 0.1) is 34.7 Å². The maximum atomic E-state index is 5.51. The summed E-state index contributed by atoms with van der Waals surface area (Å²) in [5, 5.41) is 8.04. The van der Waals surface area contributed by atoms with Crippen molar-refractivity contribution in [3.63, 3.8) is 0 Å². The molecule has 60 heavy (non-hydrogen) atoms. The Morgan fingerprint density at radius 3 is 1.78 bits per heavy atom. The van der Waals surface area contributed by atoms with Crippen LogP contribution < -0.4 is 4.74 Å². The van der Waals surface area contributed by atoms with Gasteiger partial charge in [-0.3, -0.25) is 4.57 Å². The fraction of sp³-hybridized carbons (Fsp3) is 0.0182. The summed E-state index contributed by atoms with van der Waals surface area (Å²) >= 11 is 0. The molecule has 0 aliphatic carbocycles. The van der Waals surface area contributed by atoms with Gasteiger partial charge in [0, 0.05) is 43.6 Å². The SMILES string of the molecule is COc1cccc(-c2ccc(-c3nc(-n4c5ccccc5c5ccc(-c6ccc7c(c6)c6ccccc6n7-c6ccccc6)cc54)c4ccc5ccccc5c4n3)cc2)c1. The van der Waals surface area contributed by atoms with Crippen molar-refractivity contribution in [2.24, 2.45) is 0 Å². The van der Waals surface area contributed by atoms with Crippen LogP contribution in [0.5, 0.6) is 5.75 Å². The van der Waals surface area contributed by atoms with Crippen molar-refractivity contribution >= 4 is 65.3 Å². The van der Waals surface area contributed by atoms with Gasteiger partial charge in [-0.1, -0.05) is 140 Å². The minimum Gasteiger partial charge on any atom is -0.497 e. The van der Waals surface area contributed by atoms with Crippen LogP contribution in [0.25, 0.3) is 110 Å². The molecule has 0 spiro atoms. The van der Waals surface area contributed by atoms with Gasteiger partial charge in [0.2, 0.25) is 0 Å². The summed E-state index contributed by atoms with van der Waals surface area (Å²) in [5.41, 5.74) is 12.1. The minimum atomic E-state index is 0.674. The lowest BCUT2D eigenvalue weighted by Gasteiger charge is -2.15. The van der Waals surface area contributed by atoms with Gasteiger partial charge in [-0.15, -0.1) is 0 Å². The van der Waals surface area contributed by atoms with E-state index in [0.717, 1.165) is 77.8 Å². The summed E-state index contributed by atoms with van der Waals surface area (Å²) in [6.45, 7) is 0. The molecule has 0 amide bonds. The van der Waals surface area contributed by atoms with Crippen LogP contribution in [0.2, 0.25) is 0 Å². The maximum absolute atomic E-state index is 5.51. The van der Waals surface area contributed by atoms with E-state index in [-0.39, 0.29) is 0 Å². The van der Waals surface area contributed by atoms with E-state index < -0.39 is 0 Å². The van der Waals surface area contributed by atoms with Crippen LogP contribution in [0.3, 0.4) is 0 Å². The van der Waals surface area contributed by atoms with Crippen LogP contribution >= 0.6 is 0 Å². The molecule has 0 bridgehead atoms. The first-order chi connectivity index (χ1) is 29.7. The van der Waals surface area contributed by atoms with Crippen molar-refractivity contribution in [3.8, 4) is 50.9 Å². The van der Waals surface area contributed by atoms with Crippen LogP contribution in [-0.4, -0.2) is 26.2 Å². The molecule has 5 nitrogen and oxygen atoms in total. The van der Waals surface area contributed by atoms with Gasteiger partial charge < -0.3 is 9.30 Å². The fourth-order valence-corrected chi connectivity index (χ4v) is 9.15. The molecule has 9 aromatic carbocycles. The molecule has 0 atom stereocenters. The van der Waals surface area contributed by atoms with Crippen molar-refractivity contribution in [2.75, 3.05) is 7.11 Å². The minimum absolute atomic E-state index is 0.674. The number of methoxy groups -OCH3 is 1. The highest BCUT2D eigenvalue weighted by Gasteiger charge is 2.20. The third-order valence-corrected chi connectivity index (χ3v) is 12.0. The summed E-state index contributed by atoms with van der Waals surface area (Å²) in [5.74, 6) is 2.35. The molecule has 282 valence electrons. The molecule has 0 saturated carbocycles. The van der Waals surface area contributed by atoms with Gasteiger partial charge in [0.1, 0.15) is 11.6 Å². The Bertz CT molecular complexity index is 3640. The summed E-state index contributed by atoms with van der Waals surface area (Å²) in [6.07, 6.45) is 0. The third kappa shape index (κ3) is 5.33. The van der Waals surface area contributed by atoms with Gasteiger partial charge in [0.15, 0.2) is 5.82 Å². The van der Waals surface area contributed by atoms with E-state index in [1.807, 2.05) is 12.1 Å². The zero-order valence-electron chi connectivity index (χ0n) is 32.7. The molecule has 0 aliphatic rings. The van der Waals surface area contributed by atoms with Gasteiger partial charge in [0.25, 0.3) is 0 Å². The normalized spacial score (nSPS) is 11.8. The van der Waals surface area contributed by atoms with E-state index in [4.69, 9.17) is 14.7 Å². The molecule has 0 saturated heterocycles. The number of hydrogen-bond acceptors (Lipinski definition) is 3. The second kappa shape index (κ2) is 13.5. The molecular weight excluding hydrogens is 733 g/mol. The largest absolute Gasteiger partial charge is 0.497 e. The lowest BCUT2D eigenvalue weighted by molar-refractivity contribution is 0.415. The molecule has 0 radical (unpaired) electrons. The molecule has 0 N–H and O–H groups in total. The number of benzene rings is 9. The van der Waals surface area contributed by atoms with Gasteiger partial charge in [-0.2, -0.15) is 0 Å². The first-order valence-corrected chi connectivity index (χ1v) is 20.3. The van der Waals surface area contributed by atoms with Gasteiger partial charge in [-0.25, -0.2) is 9.97 Å². The Hall–Kier alpha value is -8.02. The Morgan fingerprint density at radius 1 is 0.367 bits per heavy atom. The predicted octanol–water partition coefficient (Wildman–Crippen LogP) is 14.0. The van der Waals surface area contributed by atoms with E-state index in [1.54, 1.807) is 7.11 Å². The summed E-state index contributed by atoms with van der Waals surface area (Å²) in [7, 11) is 1.70. The average molecular weight is 769 g/mol. The van der Waals surface area contributed by atoms with E-state index >= 15 is 0 Å². The van der Waals surface area contributed by atoms with Crippen molar-refractivity contribution in [1.29, 1.82) is 0 Å². The highest BCUT2D eigenvalue weighted by Crippen LogP contribution is 2.40. The lowest BCUT2D eigenvalue weighted by atomic mass is 10.0. The number of fused-ring (bicyclic) bond motifs is 9. The summed E-state index contributed by atoms with van der Waals surface area (Å²) in [6, 6.07) is 71.3. The van der Waals surface area contributed by atoms with Gasteiger partial charge >= 0.3 is 0 Å². The van der Waals surface area contributed by atoms with Crippen LogP contribution in [0.4, 0.5) is 0 Å². The number of ether oxygens (including phenoxy) is 1. The number of rotatable bonds is 6. The fourth-order valence-electron chi connectivity index (χ4n) is 9.15. The molecule has 5 heteroatoms. The number of para-hydroxylation sites is 3. The number of nitrogens with zero attached hydrogens (tertiary/aromatic N) is 4. The third-order valence-electron chi connectivity index (χ3n) is 12.0.